The Kier molecular flexibility index (Phi) is 6.00. The van der Waals surface area contributed by atoms with Crippen LogP contribution in [0.25, 0.3) is 10.8 Å². The van der Waals surface area contributed by atoms with Gasteiger partial charge in [0.25, 0.3) is 5.91 Å². The zero-order chi connectivity index (χ0) is 22.6. The van der Waals surface area contributed by atoms with Gasteiger partial charge in [-0.3, -0.25) is 9.69 Å². The monoisotopic (exact) mass is 440 g/mol. The number of piperazine rings is 1. The molecular weight excluding hydrogens is 415 g/mol. The number of halogens is 1. The van der Waals surface area contributed by atoms with E-state index >= 15 is 0 Å². The highest BCUT2D eigenvalue weighted by molar-refractivity contribution is 5.99. The third-order valence-electron chi connectivity index (χ3n) is 6.06. The number of aromatic nitrogens is 1. The van der Waals surface area contributed by atoms with Gasteiger partial charge in [-0.1, -0.05) is 48.5 Å². The second kappa shape index (κ2) is 9.38. The maximum atomic E-state index is 13.6. The van der Waals surface area contributed by atoms with E-state index < -0.39 is 0 Å². The van der Waals surface area contributed by atoms with E-state index in [1.54, 1.807) is 30.5 Å². The van der Waals surface area contributed by atoms with Gasteiger partial charge in [0.1, 0.15) is 11.6 Å². The second-order valence-electron chi connectivity index (χ2n) is 8.24. The molecule has 1 saturated heterocycles. The van der Waals surface area contributed by atoms with Crippen LogP contribution >= 0.6 is 0 Å². The fourth-order valence-corrected chi connectivity index (χ4v) is 4.33. The number of carbonyl (C=O) groups excluding carboxylic acids is 1. The van der Waals surface area contributed by atoms with Gasteiger partial charge in [0.15, 0.2) is 0 Å². The van der Waals surface area contributed by atoms with Crippen LogP contribution in [0.5, 0.6) is 0 Å². The van der Waals surface area contributed by atoms with Gasteiger partial charge < -0.3 is 10.2 Å². The van der Waals surface area contributed by atoms with Crippen molar-refractivity contribution in [3.05, 3.63) is 102 Å². The van der Waals surface area contributed by atoms with E-state index in [1.807, 2.05) is 4.90 Å². The number of anilines is 2. The minimum Gasteiger partial charge on any atom is -0.339 e. The molecule has 1 aliphatic heterocycles. The molecule has 3 aromatic carbocycles. The summed E-state index contributed by atoms with van der Waals surface area (Å²) in [6.07, 6.45) is 1.63. The minimum atomic E-state index is -0.342. The molecule has 0 bridgehead atoms. The van der Waals surface area contributed by atoms with Crippen LogP contribution in [0.3, 0.4) is 0 Å². The van der Waals surface area contributed by atoms with Crippen LogP contribution in [0, 0.1) is 5.82 Å². The molecule has 0 aliphatic carbocycles. The normalized spacial score (nSPS) is 14.4. The Labute approximate surface area is 192 Å². The zero-order valence-corrected chi connectivity index (χ0v) is 18.2. The number of carbonyl (C=O) groups is 1. The Balaban J connectivity index is 1.26. The Morgan fingerprint density at radius 3 is 2.55 bits per heavy atom. The van der Waals surface area contributed by atoms with E-state index in [-0.39, 0.29) is 11.7 Å². The Morgan fingerprint density at radius 1 is 0.909 bits per heavy atom. The first-order chi connectivity index (χ1) is 16.2. The molecule has 2 heterocycles. The molecule has 4 aromatic rings. The van der Waals surface area contributed by atoms with Crippen LogP contribution in [0.15, 0.2) is 85.1 Å². The Morgan fingerprint density at radius 2 is 1.70 bits per heavy atom. The summed E-state index contributed by atoms with van der Waals surface area (Å²) in [4.78, 5) is 21.9. The van der Waals surface area contributed by atoms with Crippen molar-refractivity contribution in [1.82, 2.24) is 14.8 Å². The first-order valence-corrected chi connectivity index (χ1v) is 11.1. The lowest BCUT2D eigenvalue weighted by atomic mass is 10.0. The number of pyridine rings is 1. The predicted octanol–water partition coefficient (Wildman–Crippen LogP) is 5.08. The zero-order valence-electron chi connectivity index (χ0n) is 18.2. The fraction of sp³-hybridized carbons (Fsp3) is 0.185. The third kappa shape index (κ3) is 4.71. The largest absolute Gasteiger partial charge is 0.339 e. The molecule has 166 valence electrons. The molecule has 1 aromatic heterocycles. The molecule has 5 nitrogen and oxygen atoms in total. The SMILES string of the molecule is O=C(c1cccnc1Nc1cccc(F)c1)N1CCN(Cc2cccc3ccccc23)CC1. The van der Waals surface area contributed by atoms with Crippen LogP contribution < -0.4 is 5.32 Å². The van der Waals surface area contributed by atoms with E-state index in [1.165, 1.54) is 28.5 Å². The number of hydrogen-bond donors (Lipinski definition) is 1. The van der Waals surface area contributed by atoms with Crippen LogP contribution in [0.2, 0.25) is 0 Å². The van der Waals surface area contributed by atoms with Crippen molar-refractivity contribution in [2.75, 3.05) is 31.5 Å². The van der Waals surface area contributed by atoms with Crippen molar-refractivity contribution < 1.29 is 9.18 Å². The molecule has 33 heavy (non-hydrogen) atoms. The highest BCUT2D eigenvalue weighted by Crippen LogP contribution is 2.23. The summed E-state index contributed by atoms with van der Waals surface area (Å²) < 4.78 is 13.6. The third-order valence-corrected chi connectivity index (χ3v) is 6.06. The molecule has 1 amide bonds. The number of rotatable bonds is 5. The average Bonchev–Trinajstić information content (AvgIpc) is 2.85. The molecule has 1 aliphatic rings. The molecule has 1 N–H and O–H groups in total. The molecule has 0 unspecified atom stereocenters. The quantitative estimate of drug-likeness (QED) is 0.470. The maximum Gasteiger partial charge on any atom is 0.257 e. The Hall–Kier alpha value is -3.77. The van der Waals surface area contributed by atoms with Crippen molar-refractivity contribution in [1.29, 1.82) is 0 Å². The lowest BCUT2D eigenvalue weighted by Gasteiger charge is -2.35. The van der Waals surface area contributed by atoms with Crippen molar-refractivity contribution in [3.63, 3.8) is 0 Å². The Bertz CT molecular complexity index is 1280. The van der Waals surface area contributed by atoms with E-state index in [0.29, 0.717) is 30.2 Å². The summed E-state index contributed by atoms with van der Waals surface area (Å²) in [5.74, 6) is 0.0317. The molecule has 1 fully saturated rings. The highest BCUT2D eigenvalue weighted by Gasteiger charge is 2.24. The van der Waals surface area contributed by atoms with Gasteiger partial charge in [-0.25, -0.2) is 9.37 Å². The molecule has 0 saturated carbocycles. The van der Waals surface area contributed by atoms with Gasteiger partial charge >= 0.3 is 0 Å². The van der Waals surface area contributed by atoms with Crippen molar-refractivity contribution in [3.8, 4) is 0 Å². The van der Waals surface area contributed by atoms with Gasteiger partial charge in [-0.15, -0.1) is 0 Å². The van der Waals surface area contributed by atoms with Gasteiger partial charge in [0.2, 0.25) is 0 Å². The minimum absolute atomic E-state index is 0.0631. The number of nitrogens with one attached hydrogen (secondary N) is 1. The van der Waals surface area contributed by atoms with Crippen LogP contribution in [-0.2, 0) is 6.54 Å². The summed E-state index contributed by atoms with van der Waals surface area (Å²) in [6.45, 7) is 3.78. The first kappa shape index (κ1) is 21.1. The second-order valence-corrected chi connectivity index (χ2v) is 8.24. The number of hydrogen-bond acceptors (Lipinski definition) is 4. The number of fused-ring (bicyclic) bond motifs is 1. The topological polar surface area (TPSA) is 48.5 Å². The highest BCUT2D eigenvalue weighted by atomic mass is 19.1. The van der Waals surface area contributed by atoms with Gasteiger partial charge in [0, 0.05) is 44.6 Å². The average molecular weight is 441 g/mol. The summed E-state index contributed by atoms with van der Waals surface area (Å²) >= 11 is 0. The van der Waals surface area contributed by atoms with Crippen molar-refractivity contribution in [2.45, 2.75) is 6.54 Å². The summed E-state index contributed by atoms with van der Waals surface area (Å²) in [7, 11) is 0. The molecular formula is C27H25FN4O. The van der Waals surface area contributed by atoms with Crippen LogP contribution in [0.1, 0.15) is 15.9 Å². The summed E-state index contributed by atoms with van der Waals surface area (Å²) in [5, 5.41) is 5.61. The molecule has 5 rings (SSSR count). The fourth-order valence-electron chi connectivity index (χ4n) is 4.33. The van der Waals surface area contributed by atoms with Gasteiger partial charge in [-0.05, 0) is 46.7 Å². The smallest absolute Gasteiger partial charge is 0.257 e. The van der Waals surface area contributed by atoms with Crippen LogP contribution in [-0.4, -0.2) is 46.9 Å². The molecule has 0 radical (unpaired) electrons. The summed E-state index contributed by atoms with van der Waals surface area (Å²) in [6, 6.07) is 24.5. The van der Waals surface area contributed by atoms with E-state index in [9.17, 15) is 9.18 Å². The van der Waals surface area contributed by atoms with E-state index in [0.717, 1.165) is 19.6 Å². The van der Waals surface area contributed by atoms with E-state index in [2.05, 4.69) is 57.7 Å². The molecule has 6 heteroatoms. The van der Waals surface area contributed by atoms with Crippen molar-refractivity contribution in [2.24, 2.45) is 0 Å². The van der Waals surface area contributed by atoms with Gasteiger partial charge in [0.05, 0.1) is 5.56 Å². The number of nitrogens with zero attached hydrogens (tertiary/aromatic N) is 3. The number of amides is 1. The van der Waals surface area contributed by atoms with Crippen LogP contribution in [0.4, 0.5) is 15.9 Å². The number of benzene rings is 3. The predicted molar refractivity (Wildman–Crippen MR) is 129 cm³/mol. The molecule has 0 spiro atoms. The van der Waals surface area contributed by atoms with E-state index in [4.69, 9.17) is 0 Å². The standard InChI is InChI=1S/C27H25FN4O/c28-22-9-4-10-23(18-22)30-26-25(12-5-13-29-26)27(33)32-16-14-31(15-17-32)19-21-8-3-7-20-6-1-2-11-24(20)21/h1-13,18H,14-17,19H2,(H,29,30). The molecule has 0 atom stereocenters. The first-order valence-electron chi connectivity index (χ1n) is 11.1. The lowest BCUT2D eigenvalue weighted by Crippen LogP contribution is -2.48. The van der Waals surface area contributed by atoms with Gasteiger partial charge in [-0.2, -0.15) is 0 Å². The summed E-state index contributed by atoms with van der Waals surface area (Å²) in [5.41, 5.74) is 2.36. The maximum absolute atomic E-state index is 13.6. The lowest BCUT2D eigenvalue weighted by molar-refractivity contribution is 0.0629. The van der Waals surface area contributed by atoms with Crippen molar-refractivity contribution >= 4 is 28.2 Å².